The van der Waals surface area contributed by atoms with Crippen molar-refractivity contribution in [2.75, 3.05) is 13.9 Å². The normalized spacial score (nSPS) is 13.0. The number of rotatable bonds is 13. The van der Waals surface area contributed by atoms with Crippen LogP contribution in [-0.4, -0.2) is 81.5 Å². The van der Waals surface area contributed by atoms with Crippen LogP contribution in [0.2, 0.25) is 5.02 Å². The largest absolute Gasteiger partial charge is 0.453 e. The lowest BCUT2D eigenvalue weighted by molar-refractivity contribution is -0.175. The van der Waals surface area contributed by atoms with E-state index >= 15 is 0 Å². The molecule has 0 spiro atoms. The minimum Gasteiger partial charge on any atom is -0.453 e. The second kappa shape index (κ2) is 15.9. The predicted molar refractivity (Wildman–Crippen MR) is 168 cm³/mol. The molecule has 4 rings (SSSR count). The van der Waals surface area contributed by atoms with Crippen molar-refractivity contribution >= 4 is 46.6 Å². The number of halogens is 1. The molecule has 0 aliphatic rings. The summed E-state index contributed by atoms with van der Waals surface area (Å²) in [5.74, 6) is -2.86. The van der Waals surface area contributed by atoms with Crippen molar-refractivity contribution in [2.24, 2.45) is 5.92 Å². The standard InChI is InChI=1S/C32H34ClN5O9/c1-18(2)28(35-32(43)45-3)31(42)47-17-46-30(41)27(39)16-24(34-29(40)22-11-12-25-26(15-22)38(44)37-36-25)13-19-7-9-20(10-8-19)21-5-4-6-23(33)14-21/h4-12,14-15,18,24,27-28,39,44H,13,16-17H2,1-3H3,(H,34,40)(H,35,43)/t24-,27?,28-/m1/s1. The first kappa shape index (κ1) is 34.7. The number of hydrogen-bond donors (Lipinski definition) is 4. The Balaban J connectivity index is 1.44. The van der Waals surface area contributed by atoms with Gasteiger partial charge in [-0.25, -0.2) is 14.4 Å². The lowest BCUT2D eigenvalue weighted by Crippen LogP contribution is -2.45. The molecule has 248 valence electrons. The smallest absolute Gasteiger partial charge is 0.407 e. The Labute approximate surface area is 274 Å². The summed E-state index contributed by atoms with van der Waals surface area (Å²) in [6.45, 7) is 2.53. The summed E-state index contributed by atoms with van der Waals surface area (Å²) >= 11 is 6.13. The second-order valence-corrected chi connectivity index (χ2v) is 11.4. The van der Waals surface area contributed by atoms with Gasteiger partial charge in [0.15, 0.2) is 6.10 Å². The highest BCUT2D eigenvalue weighted by Crippen LogP contribution is 2.24. The van der Waals surface area contributed by atoms with Crippen molar-refractivity contribution in [3.8, 4) is 11.1 Å². The van der Waals surface area contributed by atoms with Crippen LogP contribution < -0.4 is 10.6 Å². The minimum absolute atomic E-state index is 0.181. The highest BCUT2D eigenvalue weighted by Gasteiger charge is 2.28. The molecule has 3 aromatic carbocycles. The number of carbonyl (C=O) groups is 4. The molecule has 0 bridgehead atoms. The number of aliphatic hydroxyl groups excluding tert-OH is 1. The van der Waals surface area contributed by atoms with Crippen molar-refractivity contribution in [1.29, 1.82) is 0 Å². The van der Waals surface area contributed by atoms with Gasteiger partial charge in [0.25, 0.3) is 5.91 Å². The maximum absolute atomic E-state index is 13.3. The maximum atomic E-state index is 13.3. The number of ether oxygens (including phenoxy) is 3. The molecule has 0 radical (unpaired) electrons. The van der Waals surface area contributed by atoms with Crippen LogP contribution in [-0.2, 0) is 30.2 Å². The fourth-order valence-corrected chi connectivity index (χ4v) is 4.87. The van der Waals surface area contributed by atoms with Crippen molar-refractivity contribution in [2.45, 2.75) is 44.9 Å². The Morgan fingerprint density at radius 3 is 2.34 bits per heavy atom. The Hall–Kier alpha value is -5.21. The SMILES string of the molecule is COC(=O)N[C@@H](C(=O)OCOC(=O)C(O)C[C@@H](Cc1ccc(-c2cccc(Cl)c2)cc1)NC(=O)c1ccc2nnn(O)c2c1)C(C)C. The van der Waals surface area contributed by atoms with Crippen molar-refractivity contribution in [3.63, 3.8) is 0 Å². The Bertz CT molecular complexity index is 1730. The van der Waals surface area contributed by atoms with E-state index in [-0.39, 0.29) is 29.8 Å². The molecular formula is C32H34ClN5O9. The summed E-state index contributed by atoms with van der Waals surface area (Å²) in [7, 11) is 1.15. The first-order chi connectivity index (χ1) is 22.4. The molecule has 4 aromatic rings. The quantitative estimate of drug-likeness (QED) is 0.0927. The maximum Gasteiger partial charge on any atom is 0.407 e. The summed E-state index contributed by atoms with van der Waals surface area (Å²) in [5, 5.41) is 33.7. The fourth-order valence-electron chi connectivity index (χ4n) is 4.68. The summed E-state index contributed by atoms with van der Waals surface area (Å²) in [4.78, 5) is 50.4. The molecule has 47 heavy (non-hydrogen) atoms. The van der Waals surface area contributed by atoms with E-state index in [1.807, 2.05) is 42.5 Å². The highest BCUT2D eigenvalue weighted by molar-refractivity contribution is 6.30. The Kier molecular flexibility index (Phi) is 11.7. The lowest BCUT2D eigenvalue weighted by atomic mass is 9.97. The van der Waals surface area contributed by atoms with Crippen LogP contribution in [0.3, 0.4) is 0 Å². The number of nitrogens with zero attached hydrogens (tertiary/aromatic N) is 3. The third-order valence-corrected chi connectivity index (χ3v) is 7.42. The number of fused-ring (bicyclic) bond motifs is 1. The van der Waals surface area contributed by atoms with Crippen LogP contribution in [0, 0.1) is 5.92 Å². The van der Waals surface area contributed by atoms with Crippen LogP contribution in [0.4, 0.5) is 4.79 Å². The van der Waals surface area contributed by atoms with Gasteiger partial charge in [-0.15, -0.1) is 5.10 Å². The number of nitrogens with one attached hydrogen (secondary N) is 2. The number of carbonyl (C=O) groups excluding carboxylic acids is 4. The van der Waals surface area contributed by atoms with E-state index in [4.69, 9.17) is 21.1 Å². The van der Waals surface area contributed by atoms with Crippen LogP contribution >= 0.6 is 11.6 Å². The van der Waals surface area contributed by atoms with Gasteiger partial charge in [0.05, 0.1) is 7.11 Å². The van der Waals surface area contributed by atoms with Gasteiger partial charge in [0.2, 0.25) is 6.79 Å². The van der Waals surface area contributed by atoms with E-state index < -0.39 is 48.9 Å². The number of amides is 2. The average molecular weight is 668 g/mol. The average Bonchev–Trinajstić information content (AvgIpc) is 3.42. The molecule has 0 saturated carbocycles. The topological polar surface area (TPSA) is 191 Å². The first-order valence-corrected chi connectivity index (χ1v) is 14.9. The fraction of sp³-hybridized carbons (Fsp3) is 0.312. The van der Waals surface area contributed by atoms with E-state index in [0.29, 0.717) is 15.4 Å². The van der Waals surface area contributed by atoms with E-state index in [1.165, 1.54) is 18.2 Å². The molecule has 0 aliphatic heterocycles. The molecule has 15 heteroatoms. The Morgan fingerprint density at radius 1 is 0.936 bits per heavy atom. The van der Waals surface area contributed by atoms with Crippen LogP contribution in [0.25, 0.3) is 22.2 Å². The van der Waals surface area contributed by atoms with E-state index in [2.05, 4.69) is 25.7 Å². The first-order valence-electron chi connectivity index (χ1n) is 14.5. The van der Waals surface area contributed by atoms with Crippen LogP contribution in [0.1, 0.15) is 36.2 Å². The molecule has 0 saturated heterocycles. The van der Waals surface area contributed by atoms with Gasteiger partial charge in [-0.05, 0) is 64.6 Å². The number of aromatic nitrogens is 3. The lowest BCUT2D eigenvalue weighted by Gasteiger charge is -2.22. The molecule has 3 atom stereocenters. The van der Waals surface area contributed by atoms with Crippen LogP contribution in [0.5, 0.6) is 0 Å². The molecule has 2 amide bonds. The molecular weight excluding hydrogens is 634 g/mol. The van der Waals surface area contributed by atoms with Crippen molar-refractivity contribution in [3.05, 3.63) is 82.9 Å². The van der Waals surface area contributed by atoms with E-state index in [0.717, 1.165) is 23.8 Å². The summed E-state index contributed by atoms with van der Waals surface area (Å²) in [6.07, 6.45) is -2.57. The predicted octanol–water partition coefficient (Wildman–Crippen LogP) is 3.51. The summed E-state index contributed by atoms with van der Waals surface area (Å²) in [6, 6.07) is 17.5. The number of benzene rings is 3. The number of esters is 2. The second-order valence-electron chi connectivity index (χ2n) is 10.9. The molecule has 1 heterocycles. The van der Waals surface area contributed by atoms with Gasteiger partial charge in [0, 0.05) is 23.0 Å². The number of hydrogen-bond acceptors (Lipinski definition) is 11. The van der Waals surface area contributed by atoms with E-state index in [1.54, 1.807) is 19.9 Å². The monoisotopic (exact) mass is 667 g/mol. The molecule has 1 aromatic heterocycles. The molecule has 1 unspecified atom stereocenters. The van der Waals surface area contributed by atoms with Crippen LogP contribution in [0.15, 0.2) is 66.7 Å². The molecule has 4 N–H and O–H groups in total. The van der Waals surface area contributed by atoms with Crippen molar-refractivity contribution < 1.29 is 43.7 Å². The number of methoxy groups -OCH3 is 1. The summed E-state index contributed by atoms with van der Waals surface area (Å²) < 4.78 is 14.4. The number of aliphatic hydroxyl groups is 1. The Morgan fingerprint density at radius 2 is 1.66 bits per heavy atom. The highest BCUT2D eigenvalue weighted by atomic mass is 35.5. The minimum atomic E-state index is -1.70. The molecule has 0 fully saturated rings. The van der Waals surface area contributed by atoms with Gasteiger partial charge >= 0.3 is 18.0 Å². The summed E-state index contributed by atoms with van der Waals surface area (Å²) in [5.41, 5.74) is 3.40. The van der Waals surface area contributed by atoms with Gasteiger partial charge in [0.1, 0.15) is 17.1 Å². The van der Waals surface area contributed by atoms with Gasteiger partial charge < -0.3 is 35.2 Å². The van der Waals surface area contributed by atoms with Crippen molar-refractivity contribution in [1.82, 2.24) is 25.8 Å². The molecule has 14 nitrogen and oxygen atoms in total. The third kappa shape index (κ3) is 9.40. The zero-order valence-electron chi connectivity index (χ0n) is 25.8. The van der Waals surface area contributed by atoms with Gasteiger partial charge in [-0.2, -0.15) is 0 Å². The molecule has 0 aliphatic carbocycles. The van der Waals surface area contributed by atoms with Gasteiger partial charge in [-0.3, -0.25) is 4.79 Å². The van der Waals surface area contributed by atoms with Gasteiger partial charge in [-0.1, -0.05) is 66.7 Å². The van der Waals surface area contributed by atoms with E-state index in [9.17, 15) is 29.5 Å². The zero-order valence-corrected chi connectivity index (χ0v) is 26.5. The third-order valence-electron chi connectivity index (χ3n) is 7.18. The zero-order chi connectivity index (χ0) is 34.1. The number of alkyl carbamates (subject to hydrolysis) is 1.